The monoisotopic (exact) mass is 312 g/mol. The fourth-order valence-corrected chi connectivity index (χ4v) is 2.32. The van der Waals surface area contributed by atoms with Crippen LogP contribution in [0.15, 0.2) is 28.7 Å². The molecule has 0 bridgehead atoms. The van der Waals surface area contributed by atoms with E-state index < -0.39 is 0 Å². The lowest BCUT2D eigenvalue weighted by Crippen LogP contribution is -2.14. The largest absolute Gasteiger partial charge is 0.468 e. The number of methoxy groups -OCH3 is 1. The molecule has 0 amide bonds. The maximum atomic E-state index is 11.3. The number of ether oxygens (including phenoxy) is 1. The second-order valence-electron chi connectivity index (χ2n) is 3.98. The molecule has 0 saturated carbocycles. The summed E-state index contributed by atoms with van der Waals surface area (Å²) in [5, 5.41) is 8.30. The first kappa shape index (κ1) is 14.9. The molecule has 5 nitrogen and oxygen atoms in total. The van der Waals surface area contributed by atoms with Crippen molar-refractivity contribution in [1.82, 2.24) is 10.2 Å². The highest BCUT2D eigenvalue weighted by Gasteiger charge is 2.16. The molecule has 0 aliphatic rings. The molecule has 0 aliphatic heterocycles. The molecule has 1 aromatic carbocycles. The highest BCUT2D eigenvalue weighted by atomic mass is 35.5. The smallest absolute Gasteiger partial charge is 0.318 e. The maximum absolute atomic E-state index is 11.3. The summed E-state index contributed by atoms with van der Waals surface area (Å²) in [6.07, 6.45) is 0. The first-order valence-electron chi connectivity index (χ1n) is 5.88. The van der Waals surface area contributed by atoms with E-state index in [2.05, 4.69) is 14.9 Å². The van der Waals surface area contributed by atoms with Crippen molar-refractivity contribution in [1.29, 1.82) is 0 Å². The molecule has 0 spiro atoms. The molecule has 20 heavy (non-hydrogen) atoms. The van der Waals surface area contributed by atoms with E-state index in [-0.39, 0.29) is 11.2 Å². The SMILES string of the molecule is COC(=O)C(C)SCc1nnc(-c2ccc(Cl)cc2)o1. The third-order valence-corrected chi connectivity index (χ3v) is 3.91. The van der Waals surface area contributed by atoms with Crippen LogP contribution in [0.4, 0.5) is 0 Å². The fraction of sp³-hybridized carbons (Fsp3) is 0.308. The normalized spacial score (nSPS) is 12.2. The molecule has 0 N–H and O–H groups in total. The van der Waals surface area contributed by atoms with Gasteiger partial charge in [0.1, 0.15) is 5.25 Å². The predicted octanol–water partition coefficient (Wildman–Crippen LogP) is 3.18. The van der Waals surface area contributed by atoms with Gasteiger partial charge in [0.05, 0.1) is 12.9 Å². The maximum Gasteiger partial charge on any atom is 0.318 e. The van der Waals surface area contributed by atoms with Crippen molar-refractivity contribution < 1.29 is 13.9 Å². The number of thioether (sulfide) groups is 1. The standard InChI is InChI=1S/C13H13ClN2O3S/c1-8(13(17)18-2)20-7-11-15-16-12(19-11)9-3-5-10(14)6-4-9/h3-6,8H,7H2,1-2H3. The topological polar surface area (TPSA) is 65.2 Å². The van der Waals surface area contributed by atoms with Gasteiger partial charge in [0.25, 0.3) is 0 Å². The van der Waals surface area contributed by atoms with Crippen molar-refractivity contribution >= 4 is 29.3 Å². The van der Waals surface area contributed by atoms with E-state index in [1.165, 1.54) is 18.9 Å². The summed E-state index contributed by atoms with van der Waals surface area (Å²) in [5.74, 6) is 1.09. The first-order chi connectivity index (χ1) is 9.60. The van der Waals surface area contributed by atoms with Crippen LogP contribution >= 0.6 is 23.4 Å². The lowest BCUT2D eigenvalue weighted by molar-refractivity contribution is -0.139. The van der Waals surface area contributed by atoms with Crippen molar-refractivity contribution in [3.63, 3.8) is 0 Å². The Balaban J connectivity index is 1.99. The molecule has 1 unspecified atom stereocenters. The Morgan fingerprint density at radius 3 is 2.75 bits per heavy atom. The fourth-order valence-electron chi connectivity index (χ4n) is 1.45. The van der Waals surface area contributed by atoms with Crippen LogP contribution in [0, 0.1) is 0 Å². The van der Waals surface area contributed by atoms with Gasteiger partial charge in [-0.1, -0.05) is 11.6 Å². The van der Waals surface area contributed by atoms with Gasteiger partial charge in [-0.05, 0) is 31.2 Å². The molecule has 1 heterocycles. The summed E-state index contributed by atoms with van der Waals surface area (Å²) >= 11 is 7.20. The second kappa shape index (κ2) is 6.76. The van der Waals surface area contributed by atoms with Gasteiger partial charge in [0.2, 0.25) is 11.8 Å². The Bertz CT molecular complexity index is 586. The minimum atomic E-state index is -0.272. The number of halogens is 1. The highest BCUT2D eigenvalue weighted by Crippen LogP contribution is 2.23. The molecule has 0 fully saturated rings. The van der Waals surface area contributed by atoms with E-state index in [1.54, 1.807) is 19.1 Å². The van der Waals surface area contributed by atoms with E-state index in [1.807, 2.05) is 12.1 Å². The Labute approximate surface area is 125 Å². The lowest BCUT2D eigenvalue weighted by Gasteiger charge is -2.06. The molecule has 2 rings (SSSR count). The summed E-state index contributed by atoms with van der Waals surface area (Å²) < 4.78 is 10.2. The van der Waals surface area contributed by atoms with Gasteiger partial charge in [-0.15, -0.1) is 22.0 Å². The minimum Gasteiger partial charge on any atom is -0.468 e. The van der Waals surface area contributed by atoms with Gasteiger partial charge >= 0.3 is 5.97 Å². The van der Waals surface area contributed by atoms with Crippen LogP contribution in [0.1, 0.15) is 12.8 Å². The summed E-state index contributed by atoms with van der Waals surface area (Å²) in [6, 6.07) is 7.14. The molecule has 7 heteroatoms. The lowest BCUT2D eigenvalue weighted by atomic mass is 10.2. The third-order valence-electron chi connectivity index (χ3n) is 2.55. The summed E-state index contributed by atoms with van der Waals surface area (Å²) in [4.78, 5) is 11.3. The van der Waals surface area contributed by atoms with Crippen LogP contribution in [0.2, 0.25) is 5.02 Å². The summed E-state index contributed by atoms with van der Waals surface area (Å²) in [5.41, 5.74) is 0.805. The van der Waals surface area contributed by atoms with Crippen molar-refractivity contribution in [2.75, 3.05) is 7.11 Å². The van der Waals surface area contributed by atoms with Crippen LogP contribution in [0.3, 0.4) is 0 Å². The zero-order valence-electron chi connectivity index (χ0n) is 11.0. The molecular formula is C13H13ClN2O3S. The number of hydrogen-bond donors (Lipinski definition) is 0. The van der Waals surface area contributed by atoms with Crippen LogP contribution in [-0.2, 0) is 15.3 Å². The van der Waals surface area contributed by atoms with Gasteiger partial charge in [-0.3, -0.25) is 4.79 Å². The van der Waals surface area contributed by atoms with Gasteiger partial charge in [0, 0.05) is 10.6 Å². The number of rotatable bonds is 5. The first-order valence-corrected chi connectivity index (χ1v) is 7.30. The van der Waals surface area contributed by atoms with E-state index >= 15 is 0 Å². The van der Waals surface area contributed by atoms with Crippen LogP contribution < -0.4 is 0 Å². The van der Waals surface area contributed by atoms with Gasteiger partial charge in [-0.2, -0.15) is 0 Å². The molecular weight excluding hydrogens is 300 g/mol. The highest BCUT2D eigenvalue weighted by molar-refractivity contribution is 7.99. The average Bonchev–Trinajstić information content (AvgIpc) is 2.93. The Morgan fingerprint density at radius 2 is 2.10 bits per heavy atom. The molecule has 0 saturated heterocycles. The molecule has 0 radical (unpaired) electrons. The minimum absolute atomic E-state index is 0.271. The second-order valence-corrected chi connectivity index (χ2v) is 5.75. The summed E-state index contributed by atoms with van der Waals surface area (Å²) in [6.45, 7) is 1.77. The number of aromatic nitrogens is 2. The van der Waals surface area contributed by atoms with Crippen LogP contribution in [0.5, 0.6) is 0 Å². The number of carbonyl (C=O) groups is 1. The Kier molecular flexibility index (Phi) is 5.03. The molecule has 1 aromatic heterocycles. The van der Waals surface area contributed by atoms with Crippen LogP contribution in [-0.4, -0.2) is 28.5 Å². The van der Waals surface area contributed by atoms with Crippen molar-refractivity contribution in [2.45, 2.75) is 17.9 Å². The summed E-state index contributed by atoms with van der Waals surface area (Å²) in [7, 11) is 1.37. The van der Waals surface area contributed by atoms with Crippen molar-refractivity contribution in [3.8, 4) is 11.5 Å². The van der Waals surface area contributed by atoms with Gasteiger partial charge in [-0.25, -0.2) is 0 Å². The number of esters is 1. The van der Waals surface area contributed by atoms with Crippen molar-refractivity contribution in [2.24, 2.45) is 0 Å². The van der Waals surface area contributed by atoms with E-state index in [0.717, 1.165) is 5.56 Å². The third kappa shape index (κ3) is 3.74. The number of carbonyl (C=O) groups excluding carboxylic acids is 1. The van der Waals surface area contributed by atoms with E-state index in [9.17, 15) is 4.79 Å². The molecule has 0 aliphatic carbocycles. The van der Waals surface area contributed by atoms with Gasteiger partial charge in [0.15, 0.2) is 0 Å². The van der Waals surface area contributed by atoms with Crippen molar-refractivity contribution in [3.05, 3.63) is 35.2 Å². The van der Waals surface area contributed by atoms with Crippen LogP contribution in [0.25, 0.3) is 11.5 Å². The zero-order valence-corrected chi connectivity index (χ0v) is 12.6. The predicted molar refractivity (Wildman–Crippen MR) is 77.5 cm³/mol. The molecule has 1 atom stereocenters. The number of nitrogens with zero attached hydrogens (tertiary/aromatic N) is 2. The number of benzene rings is 1. The quantitative estimate of drug-likeness (QED) is 0.790. The Morgan fingerprint density at radius 1 is 1.40 bits per heavy atom. The molecule has 106 valence electrons. The number of hydrogen-bond acceptors (Lipinski definition) is 6. The van der Waals surface area contributed by atoms with Gasteiger partial charge < -0.3 is 9.15 Å². The molecule has 2 aromatic rings. The average molecular weight is 313 g/mol. The Hall–Kier alpha value is -1.53. The zero-order chi connectivity index (χ0) is 14.5. The van der Waals surface area contributed by atoms with E-state index in [0.29, 0.717) is 22.6 Å². The van der Waals surface area contributed by atoms with E-state index in [4.69, 9.17) is 16.0 Å².